The topological polar surface area (TPSA) is 95.9 Å². The Balaban J connectivity index is 1.46. The zero-order valence-corrected chi connectivity index (χ0v) is 20.8. The van der Waals surface area contributed by atoms with Crippen LogP contribution in [0.1, 0.15) is 57.6 Å². The van der Waals surface area contributed by atoms with Crippen LogP contribution in [0.3, 0.4) is 0 Å². The molecule has 3 unspecified atom stereocenters. The number of carbonyl (C=O) groups excluding carboxylic acids is 2. The number of rotatable bonds is 5. The maximum atomic E-state index is 13.5. The van der Waals surface area contributed by atoms with Gasteiger partial charge in [-0.05, 0) is 47.4 Å². The van der Waals surface area contributed by atoms with Crippen LogP contribution in [0.2, 0.25) is 0 Å². The first kappa shape index (κ1) is 24.8. The van der Waals surface area contributed by atoms with Crippen LogP contribution >= 0.6 is 0 Å². The molecule has 186 valence electrons. The lowest BCUT2D eigenvalue weighted by atomic mass is 9.84. The van der Waals surface area contributed by atoms with Crippen molar-refractivity contribution in [1.82, 2.24) is 10.2 Å². The van der Waals surface area contributed by atoms with Crippen LogP contribution < -0.4 is 5.32 Å². The molecule has 2 aromatic rings. The van der Waals surface area contributed by atoms with Gasteiger partial charge in [0.25, 0.3) is 0 Å². The number of nitrogens with zero attached hydrogens (tertiary/aromatic N) is 1. The molecule has 2 N–H and O–H groups in total. The quantitative estimate of drug-likeness (QED) is 0.652. The van der Waals surface area contributed by atoms with E-state index in [1.165, 1.54) is 0 Å². The Kier molecular flexibility index (Phi) is 6.88. The van der Waals surface area contributed by atoms with Crippen molar-refractivity contribution in [2.24, 2.45) is 11.3 Å². The van der Waals surface area contributed by atoms with Crippen LogP contribution in [-0.2, 0) is 14.3 Å². The second kappa shape index (κ2) is 9.72. The number of hydrogen-bond donors (Lipinski definition) is 2. The summed E-state index contributed by atoms with van der Waals surface area (Å²) >= 11 is 0. The van der Waals surface area contributed by atoms with Gasteiger partial charge in [0.15, 0.2) is 0 Å². The van der Waals surface area contributed by atoms with Gasteiger partial charge in [-0.25, -0.2) is 4.79 Å². The Bertz CT molecular complexity index is 1080. The third-order valence-corrected chi connectivity index (χ3v) is 7.23. The van der Waals surface area contributed by atoms with E-state index in [0.717, 1.165) is 22.3 Å². The normalized spacial score (nSPS) is 20.5. The number of piperidine rings is 1. The first-order chi connectivity index (χ1) is 16.6. The largest absolute Gasteiger partial charge is 0.481 e. The van der Waals surface area contributed by atoms with E-state index in [0.29, 0.717) is 12.8 Å². The van der Waals surface area contributed by atoms with E-state index in [4.69, 9.17) is 4.74 Å². The van der Waals surface area contributed by atoms with Gasteiger partial charge in [-0.3, -0.25) is 9.59 Å². The number of carboxylic acid groups (broad SMARTS) is 1. The average Bonchev–Trinajstić information content (AvgIpc) is 3.14. The number of carboxylic acids is 1. The number of likely N-dealkylation sites (tertiary alicyclic amines) is 1. The van der Waals surface area contributed by atoms with Gasteiger partial charge in [0.05, 0.1) is 5.92 Å². The molecule has 1 saturated heterocycles. The average molecular weight is 479 g/mol. The Labute approximate surface area is 206 Å². The van der Waals surface area contributed by atoms with Crippen LogP contribution in [0.25, 0.3) is 11.1 Å². The Morgan fingerprint density at radius 3 is 2.14 bits per heavy atom. The molecule has 0 aromatic heterocycles. The standard InChI is InChI=1S/C28H34N2O5/c1-17-13-14-18(26(32)33)15-30(17)25(31)24(28(2,3)4)29-27(34)35-16-23-21-11-7-5-9-19(21)20-10-6-8-12-22(20)23/h5-12,17-18,23-24H,13-16H2,1-4H3,(H,29,34)(H,32,33). The van der Waals surface area contributed by atoms with Crippen molar-refractivity contribution >= 4 is 18.0 Å². The number of benzene rings is 2. The number of aliphatic carboxylic acids is 1. The minimum absolute atomic E-state index is 0.0737. The monoisotopic (exact) mass is 478 g/mol. The van der Waals surface area contributed by atoms with Crippen molar-refractivity contribution < 1.29 is 24.2 Å². The van der Waals surface area contributed by atoms with Crippen molar-refractivity contribution in [3.8, 4) is 11.1 Å². The summed E-state index contributed by atoms with van der Waals surface area (Å²) in [6, 6.07) is 15.3. The molecule has 3 atom stereocenters. The third kappa shape index (κ3) is 5.04. The van der Waals surface area contributed by atoms with E-state index < -0.39 is 29.4 Å². The molecule has 35 heavy (non-hydrogen) atoms. The smallest absolute Gasteiger partial charge is 0.407 e. The lowest BCUT2D eigenvalue weighted by Crippen LogP contribution is -2.59. The summed E-state index contributed by atoms with van der Waals surface area (Å²) in [5.41, 5.74) is 3.94. The second-order valence-electron chi connectivity index (χ2n) is 10.7. The third-order valence-electron chi connectivity index (χ3n) is 7.23. The highest BCUT2D eigenvalue weighted by atomic mass is 16.5. The maximum absolute atomic E-state index is 13.5. The van der Waals surface area contributed by atoms with Gasteiger partial charge in [0.2, 0.25) is 5.91 Å². The minimum atomic E-state index is -0.897. The first-order valence-corrected chi connectivity index (χ1v) is 12.2. The van der Waals surface area contributed by atoms with E-state index in [1.54, 1.807) is 4.90 Å². The van der Waals surface area contributed by atoms with E-state index in [-0.39, 0.29) is 31.0 Å². The minimum Gasteiger partial charge on any atom is -0.481 e. The molecule has 1 fully saturated rings. The Morgan fingerprint density at radius 1 is 1.03 bits per heavy atom. The van der Waals surface area contributed by atoms with Gasteiger partial charge in [0.1, 0.15) is 12.6 Å². The lowest BCUT2D eigenvalue weighted by Gasteiger charge is -2.41. The zero-order chi connectivity index (χ0) is 25.3. The van der Waals surface area contributed by atoms with Crippen LogP contribution in [0.5, 0.6) is 0 Å². The number of alkyl carbamates (subject to hydrolysis) is 1. The summed E-state index contributed by atoms with van der Waals surface area (Å²) in [7, 11) is 0. The molecule has 0 bridgehead atoms. The van der Waals surface area contributed by atoms with Crippen LogP contribution in [0, 0.1) is 11.3 Å². The molecule has 1 heterocycles. The van der Waals surface area contributed by atoms with E-state index in [9.17, 15) is 19.5 Å². The van der Waals surface area contributed by atoms with Crippen molar-refractivity contribution in [2.75, 3.05) is 13.2 Å². The molecular formula is C28H34N2O5. The summed E-state index contributed by atoms with van der Waals surface area (Å²) < 4.78 is 5.67. The molecule has 7 nitrogen and oxygen atoms in total. The van der Waals surface area contributed by atoms with E-state index >= 15 is 0 Å². The zero-order valence-electron chi connectivity index (χ0n) is 20.8. The summed E-state index contributed by atoms with van der Waals surface area (Å²) in [5.74, 6) is -1.84. The van der Waals surface area contributed by atoms with Crippen molar-refractivity contribution in [3.05, 3.63) is 59.7 Å². The summed E-state index contributed by atoms with van der Waals surface area (Å²) in [6.45, 7) is 7.86. The molecule has 2 amide bonds. The second-order valence-corrected chi connectivity index (χ2v) is 10.7. The van der Waals surface area contributed by atoms with Gasteiger partial charge in [-0.2, -0.15) is 0 Å². The van der Waals surface area contributed by atoms with Crippen molar-refractivity contribution in [3.63, 3.8) is 0 Å². The molecule has 0 saturated carbocycles. The molecule has 1 aliphatic heterocycles. The number of fused-ring (bicyclic) bond motifs is 3. The Hall–Kier alpha value is -3.35. The summed E-state index contributed by atoms with van der Waals surface area (Å²) in [4.78, 5) is 39.6. The van der Waals surface area contributed by atoms with Gasteiger partial charge < -0.3 is 20.1 Å². The molecule has 2 aromatic carbocycles. The molecule has 1 aliphatic carbocycles. The van der Waals surface area contributed by atoms with Gasteiger partial charge in [-0.1, -0.05) is 69.3 Å². The first-order valence-electron chi connectivity index (χ1n) is 12.2. The van der Waals surface area contributed by atoms with Crippen molar-refractivity contribution in [2.45, 2.75) is 58.5 Å². The van der Waals surface area contributed by atoms with Gasteiger partial charge in [0, 0.05) is 18.5 Å². The van der Waals surface area contributed by atoms with Crippen LogP contribution in [0.15, 0.2) is 48.5 Å². The lowest BCUT2D eigenvalue weighted by molar-refractivity contribution is -0.148. The molecule has 0 radical (unpaired) electrons. The van der Waals surface area contributed by atoms with Crippen LogP contribution in [0.4, 0.5) is 4.79 Å². The highest BCUT2D eigenvalue weighted by Crippen LogP contribution is 2.44. The molecular weight excluding hydrogens is 444 g/mol. The fraction of sp³-hybridized carbons (Fsp3) is 0.464. The van der Waals surface area contributed by atoms with Crippen molar-refractivity contribution in [1.29, 1.82) is 0 Å². The fourth-order valence-electron chi connectivity index (χ4n) is 5.19. The number of nitrogens with one attached hydrogen (secondary N) is 1. The van der Waals surface area contributed by atoms with E-state index in [1.807, 2.05) is 52.0 Å². The highest BCUT2D eigenvalue weighted by Gasteiger charge is 2.41. The maximum Gasteiger partial charge on any atom is 0.407 e. The fourth-order valence-corrected chi connectivity index (χ4v) is 5.19. The van der Waals surface area contributed by atoms with Gasteiger partial charge in [-0.15, -0.1) is 0 Å². The Morgan fingerprint density at radius 2 is 1.60 bits per heavy atom. The molecule has 0 spiro atoms. The number of carbonyl (C=O) groups is 3. The van der Waals surface area contributed by atoms with Crippen LogP contribution in [-0.4, -0.2) is 53.2 Å². The molecule has 7 heteroatoms. The SMILES string of the molecule is CC1CCC(C(=O)O)CN1C(=O)C(NC(=O)OCC1c2ccccc2-c2ccccc21)C(C)(C)C. The molecule has 2 aliphatic rings. The number of amides is 2. The van der Waals surface area contributed by atoms with Gasteiger partial charge >= 0.3 is 12.1 Å². The number of ether oxygens (including phenoxy) is 1. The van der Waals surface area contributed by atoms with E-state index in [2.05, 4.69) is 29.6 Å². The number of hydrogen-bond acceptors (Lipinski definition) is 4. The summed E-state index contributed by atoms with van der Waals surface area (Å²) in [6.07, 6.45) is 0.504. The molecule has 4 rings (SSSR count). The predicted molar refractivity (Wildman–Crippen MR) is 133 cm³/mol. The highest BCUT2D eigenvalue weighted by molar-refractivity contribution is 5.87. The predicted octanol–water partition coefficient (Wildman–Crippen LogP) is 4.65. The summed E-state index contributed by atoms with van der Waals surface area (Å²) in [5, 5.41) is 12.2.